The van der Waals surface area contributed by atoms with Gasteiger partial charge >= 0.3 is 0 Å². The second-order valence-corrected chi connectivity index (χ2v) is 4.27. The molecule has 0 aliphatic rings. The van der Waals surface area contributed by atoms with E-state index in [0.717, 1.165) is 11.1 Å². The zero-order valence-electron chi connectivity index (χ0n) is 9.97. The summed E-state index contributed by atoms with van der Waals surface area (Å²) in [6.07, 6.45) is -2.75. The number of carbonyl (C=O) groups excluding carboxylic acids is 1. The fourth-order valence-electron chi connectivity index (χ4n) is 1.78. The lowest BCUT2D eigenvalue weighted by atomic mass is 9.96. The predicted octanol–water partition coefficient (Wildman–Crippen LogP) is 0.155. The third-order valence-corrected chi connectivity index (χ3v) is 2.66. The van der Waals surface area contributed by atoms with Crippen LogP contribution in [0.1, 0.15) is 29.2 Å². The van der Waals surface area contributed by atoms with Crippen LogP contribution in [0.25, 0.3) is 0 Å². The third-order valence-electron chi connectivity index (χ3n) is 2.66. The number of anilines is 1. The maximum Gasteiger partial charge on any atom is 0.220 e. The summed E-state index contributed by atoms with van der Waals surface area (Å²) in [5.41, 5.74) is 13.4. The molecule has 6 N–H and O–H groups in total. The van der Waals surface area contributed by atoms with Gasteiger partial charge in [0.25, 0.3) is 0 Å². The molecule has 0 aromatic heterocycles. The molecule has 0 saturated heterocycles. The van der Waals surface area contributed by atoms with Crippen molar-refractivity contribution in [2.24, 2.45) is 5.73 Å². The molecule has 94 valence electrons. The molecule has 0 bridgehead atoms. The lowest BCUT2D eigenvalue weighted by molar-refractivity contribution is -0.121. The molecule has 0 spiro atoms. The molecule has 0 fully saturated rings. The Labute approximate surface area is 100 Å². The summed E-state index contributed by atoms with van der Waals surface area (Å²) in [4.78, 5) is 10.7. The molecule has 0 heterocycles. The Morgan fingerprint density at radius 2 is 1.94 bits per heavy atom. The van der Waals surface area contributed by atoms with Gasteiger partial charge < -0.3 is 21.7 Å². The number of carbonyl (C=O) groups is 1. The number of aryl methyl sites for hydroxylation is 2. The number of nitrogens with two attached hydrogens (primary N) is 2. The summed E-state index contributed by atoms with van der Waals surface area (Å²) in [5.74, 6) is -0.667. The molecule has 0 radical (unpaired) electrons. The van der Waals surface area contributed by atoms with Gasteiger partial charge in [-0.1, -0.05) is 17.7 Å². The average Bonchev–Trinajstić information content (AvgIpc) is 2.21. The summed E-state index contributed by atoms with van der Waals surface area (Å²) in [7, 11) is 0. The van der Waals surface area contributed by atoms with E-state index in [1.807, 2.05) is 19.9 Å². The quantitative estimate of drug-likeness (QED) is 0.560. The molecule has 1 rings (SSSR count). The summed E-state index contributed by atoms with van der Waals surface area (Å²) >= 11 is 0. The normalized spacial score (nSPS) is 14.4. The summed E-state index contributed by atoms with van der Waals surface area (Å²) in [6, 6.07) is 3.57. The van der Waals surface area contributed by atoms with Gasteiger partial charge in [-0.2, -0.15) is 0 Å². The number of aliphatic hydroxyl groups is 2. The van der Waals surface area contributed by atoms with Crippen molar-refractivity contribution >= 4 is 11.6 Å². The van der Waals surface area contributed by atoms with Gasteiger partial charge in [0, 0.05) is 11.3 Å². The Kier molecular flexibility index (Phi) is 4.09. The van der Waals surface area contributed by atoms with Crippen LogP contribution >= 0.6 is 0 Å². The van der Waals surface area contributed by atoms with E-state index < -0.39 is 18.1 Å². The van der Waals surface area contributed by atoms with Crippen LogP contribution in [-0.2, 0) is 4.79 Å². The minimum Gasteiger partial charge on any atom is -0.398 e. The molecule has 17 heavy (non-hydrogen) atoms. The van der Waals surface area contributed by atoms with Crippen molar-refractivity contribution in [2.45, 2.75) is 32.5 Å². The Morgan fingerprint density at radius 3 is 2.47 bits per heavy atom. The molecule has 2 atom stereocenters. The molecule has 2 unspecified atom stereocenters. The molecule has 0 saturated carbocycles. The average molecular weight is 238 g/mol. The fraction of sp³-hybridized carbons (Fsp3) is 0.417. The maximum absolute atomic E-state index is 10.7. The Balaban J connectivity index is 3.03. The van der Waals surface area contributed by atoms with Crippen LogP contribution in [-0.4, -0.2) is 22.2 Å². The van der Waals surface area contributed by atoms with Crippen molar-refractivity contribution in [3.63, 3.8) is 0 Å². The van der Waals surface area contributed by atoms with Crippen LogP contribution in [0.4, 0.5) is 5.69 Å². The van der Waals surface area contributed by atoms with Gasteiger partial charge in [-0.15, -0.1) is 0 Å². The van der Waals surface area contributed by atoms with E-state index >= 15 is 0 Å². The Bertz CT molecular complexity index is 432. The molecule has 1 aromatic carbocycles. The van der Waals surface area contributed by atoms with Gasteiger partial charge in [0.05, 0.1) is 12.5 Å². The maximum atomic E-state index is 10.7. The van der Waals surface area contributed by atoms with E-state index in [1.165, 1.54) is 0 Å². The Hall–Kier alpha value is -1.59. The van der Waals surface area contributed by atoms with Gasteiger partial charge in [0.2, 0.25) is 5.91 Å². The smallest absolute Gasteiger partial charge is 0.220 e. The monoisotopic (exact) mass is 238 g/mol. The van der Waals surface area contributed by atoms with Crippen LogP contribution in [0, 0.1) is 13.8 Å². The van der Waals surface area contributed by atoms with Gasteiger partial charge in [-0.25, -0.2) is 0 Å². The number of benzene rings is 1. The van der Waals surface area contributed by atoms with E-state index in [2.05, 4.69) is 0 Å². The number of rotatable bonds is 4. The second kappa shape index (κ2) is 5.16. The van der Waals surface area contributed by atoms with Crippen LogP contribution < -0.4 is 11.5 Å². The first-order valence-electron chi connectivity index (χ1n) is 5.34. The minimum absolute atomic E-state index is 0.298. The number of nitrogen functional groups attached to an aromatic ring is 1. The number of amides is 1. The van der Waals surface area contributed by atoms with Gasteiger partial charge in [0.15, 0.2) is 0 Å². The lowest BCUT2D eigenvalue weighted by Crippen LogP contribution is -2.26. The van der Waals surface area contributed by atoms with Crippen LogP contribution in [0.15, 0.2) is 12.1 Å². The highest BCUT2D eigenvalue weighted by atomic mass is 16.3. The number of primary amides is 1. The molecule has 5 nitrogen and oxygen atoms in total. The molecule has 0 aliphatic heterocycles. The largest absolute Gasteiger partial charge is 0.398 e. The SMILES string of the molecule is Cc1cc(C)c(N)c(C(O)C(O)CC(N)=O)c1. The summed E-state index contributed by atoms with van der Waals surface area (Å²) in [5, 5.41) is 19.6. The van der Waals surface area contributed by atoms with Crippen molar-refractivity contribution in [3.05, 3.63) is 28.8 Å². The van der Waals surface area contributed by atoms with Gasteiger partial charge in [0.1, 0.15) is 6.10 Å². The highest BCUT2D eigenvalue weighted by Crippen LogP contribution is 2.28. The van der Waals surface area contributed by atoms with E-state index in [4.69, 9.17) is 11.5 Å². The highest BCUT2D eigenvalue weighted by Gasteiger charge is 2.23. The van der Waals surface area contributed by atoms with Crippen molar-refractivity contribution in [1.29, 1.82) is 0 Å². The van der Waals surface area contributed by atoms with Gasteiger partial charge in [-0.3, -0.25) is 4.79 Å². The fourth-order valence-corrected chi connectivity index (χ4v) is 1.78. The molecular formula is C12H18N2O3. The first-order chi connectivity index (χ1) is 7.82. The van der Waals surface area contributed by atoms with Crippen LogP contribution in [0.2, 0.25) is 0 Å². The van der Waals surface area contributed by atoms with Gasteiger partial charge in [-0.05, 0) is 19.4 Å². The van der Waals surface area contributed by atoms with Crippen molar-refractivity contribution in [3.8, 4) is 0 Å². The number of hydrogen-bond donors (Lipinski definition) is 4. The lowest BCUT2D eigenvalue weighted by Gasteiger charge is -2.20. The highest BCUT2D eigenvalue weighted by molar-refractivity contribution is 5.74. The van der Waals surface area contributed by atoms with E-state index in [0.29, 0.717) is 11.3 Å². The minimum atomic E-state index is -1.24. The first kappa shape index (κ1) is 13.5. The van der Waals surface area contributed by atoms with Crippen LogP contribution in [0.5, 0.6) is 0 Å². The number of hydrogen-bond acceptors (Lipinski definition) is 4. The molecular weight excluding hydrogens is 220 g/mol. The van der Waals surface area contributed by atoms with Crippen LogP contribution in [0.3, 0.4) is 0 Å². The molecule has 0 aliphatic carbocycles. The first-order valence-corrected chi connectivity index (χ1v) is 5.34. The summed E-state index contributed by atoms with van der Waals surface area (Å²) < 4.78 is 0. The second-order valence-electron chi connectivity index (χ2n) is 4.27. The zero-order chi connectivity index (χ0) is 13.2. The standard InChI is InChI=1S/C12H18N2O3/c1-6-3-7(2)11(14)8(4-6)12(17)9(15)5-10(13)16/h3-4,9,12,15,17H,5,14H2,1-2H3,(H2,13,16). The third kappa shape index (κ3) is 3.18. The molecule has 1 aromatic rings. The molecule has 5 heteroatoms. The zero-order valence-corrected chi connectivity index (χ0v) is 9.97. The summed E-state index contributed by atoms with van der Waals surface area (Å²) in [6.45, 7) is 3.68. The van der Waals surface area contributed by atoms with Crippen molar-refractivity contribution in [2.75, 3.05) is 5.73 Å². The van der Waals surface area contributed by atoms with E-state index in [1.54, 1.807) is 6.07 Å². The Morgan fingerprint density at radius 1 is 1.35 bits per heavy atom. The van der Waals surface area contributed by atoms with E-state index in [9.17, 15) is 15.0 Å². The van der Waals surface area contributed by atoms with Crippen molar-refractivity contribution in [1.82, 2.24) is 0 Å². The predicted molar refractivity (Wildman–Crippen MR) is 65.1 cm³/mol. The topological polar surface area (TPSA) is 110 Å². The van der Waals surface area contributed by atoms with E-state index in [-0.39, 0.29) is 6.42 Å². The van der Waals surface area contributed by atoms with Crippen molar-refractivity contribution < 1.29 is 15.0 Å². The molecule has 1 amide bonds. The number of aliphatic hydroxyl groups excluding tert-OH is 2.